The molecule has 2 aromatic carbocycles. The van der Waals surface area contributed by atoms with Crippen LogP contribution in [0, 0.1) is 6.92 Å². The van der Waals surface area contributed by atoms with E-state index in [0.29, 0.717) is 11.1 Å². The summed E-state index contributed by atoms with van der Waals surface area (Å²) in [6, 6.07) is 15.8. The SMILES string of the molecule is Cc1ccc(-c2nnc(SCc3ccc(Cl)cc3)o2)cc1. The lowest BCUT2D eigenvalue weighted by atomic mass is 10.1. The molecular weight excluding hydrogens is 304 g/mol. The fraction of sp³-hybridized carbons (Fsp3) is 0.125. The van der Waals surface area contributed by atoms with Crippen molar-refractivity contribution < 1.29 is 4.42 Å². The third-order valence-corrected chi connectivity index (χ3v) is 4.12. The van der Waals surface area contributed by atoms with Gasteiger partial charge in [-0.3, -0.25) is 0 Å². The van der Waals surface area contributed by atoms with Crippen molar-refractivity contribution in [3.05, 3.63) is 64.7 Å². The van der Waals surface area contributed by atoms with E-state index in [1.807, 2.05) is 55.5 Å². The molecule has 0 amide bonds. The lowest BCUT2D eigenvalue weighted by Gasteiger charge is -1.98. The molecule has 0 fully saturated rings. The standard InChI is InChI=1S/C16H13ClN2OS/c1-11-2-6-13(7-3-11)15-18-19-16(20-15)21-10-12-4-8-14(17)9-5-12/h2-9H,10H2,1H3. The third-order valence-electron chi connectivity index (χ3n) is 2.98. The second-order valence-corrected chi connectivity index (χ2v) is 6.02. The summed E-state index contributed by atoms with van der Waals surface area (Å²) in [4.78, 5) is 0. The zero-order valence-electron chi connectivity index (χ0n) is 11.4. The minimum atomic E-state index is 0.550. The lowest BCUT2D eigenvalue weighted by Crippen LogP contribution is -1.79. The fourth-order valence-corrected chi connectivity index (χ4v) is 2.65. The van der Waals surface area contributed by atoms with Gasteiger partial charge in [0.1, 0.15) is 0 Å². The molecule has 1 heterocycles. The van der Waals surface area contributed by atoms with E-state index in [9.17, 15) is 0 Å². The van der Waals surface area contributed by atoms with Gasteiger partial charge in [0.05, 0.1) is 0 Å². The second kappa shape index (κ2) is 6.33. The quantitative estimate of drug-likeness (QED) is 0.636. The molecule has 0 N–H and O–H groups in total. The highest BCUT2D eigenvalue weighted by Crippen LogP contribution is 2.26. The van der Waals surface area contributed by atoms with Gasteiger partial charge >= 0.3 is 0 Å². The summed E-state index contributed by atoms with van der Waals surface area (Å²) in [6.07, 6.45) is 0. The topological polar surface area (TPSA) is 38.9 Å². The highest BCUT2D eigenvalue weighted by molar-refractivity contribution is 7.98. The highest BCUT2D eigenvalue weighted by atomic mass is 35.5. The van der Waals surface area contributed by atoms with Gasteiger partial charge in [0.25, 0.3) is 5.22 Å². The number of rotatable bonds is 4. The van der Waals surface area contributed by atoms with E-state index < -0.39 is 0 Å². The van der Waals surface area contributed by atoms with Gasteiger partial charge in [0, 0.05) is 16.3 Å². The van der Waals surface area contributed by atoms with Gasteiger partial charge in [-0.25, -0.2) is 0 Å². The Morgan fingerprint density at radius 3 is 2.43 bits per heavy atom. The first-order valence-electron chi connectivity index (χ1n) is 6.48. The Labute approximate surface area is 132 Å². The number of benzene rings is 2. The molecule has 3 rings (SSSR count). The second-order valence-electron chi connectivity index (χ2n) is 4.65. The first-order chi connectivity index (χ1) is 10.2. The Kier molecular flexibility index (Phi) is 4.27. The molecule has 0 unspecified atom stereocenters. The summed E-state index contributed by atoms with van der Waals surface area (Å²) in [5.41, 5.74) is 3.31. The van der Waals surface area contributed by atoms with Crippen molar-refractivity contribution in [3.63, 3.8) is 0 Å². The maximum Gasteiger partial charge on any atom is 0.277 e. The van der Waals surface area contributed by atoms with Crippen LogP contribution in [0.15, 0.2) is 58.2 Å². The first kappa shape index (κ1) is 14.2. The van der Waals surface area contributed by atoms with Gasteiger partial charge < -0.3 is 4.42 Å². The van der Waals surface area contributed by atoms with Crippen LogP contribution in [0.1, 0.15) is 11.1 Å². The number of hydrogen-bond acceptors (Lipinski definition) is 4. The molecule has 0 aliphatic heterocycles. The molecule has 0 atom stereocenters. The van der Waals surface area contributed by atoms with Crippen molar-refractivity contribution in [1.29, 1.82) is 0 Å². The fourth-order valence-electron chi connectivity index (χ4n) is 1.81. The van der Waals surface area contributed by atoms with Crippen molar-refractivity contribution in [2.24, 2.45) is 0 Å². The van der Waals surface area contributed by atoms with Crippen LogP contribution in [-0.2, 0) is 5.75 Å². The lowest BCUT2D eigenvalue weighted by molar-refractivity contribution is 0.466. The van der Waals surface area contributed by atoms with E-state index in [0.717, 1.165) is 16.3 Å². The van der Waals surface area contributed by atoms with Crippen LogP contribution in [0.4, 0.5) is 0 Å². The van der Waals surface area contributed by atoms with Gasteiger partial charge in [-0.05, 0) is 36.8 Å². The molecule has 0 bridgehead atoms. The van der Waals surface area contributed by atoms with Crippen LogP contribution in [-0.4, -0.2) is 10.2 Å². The molecule has 3 nitrogen and oxygen atoms in total. The largest absolute Gasteiger partial charge is 0.411 e. The molecule has 3 aromatic rings. The third kappa shape index (κ3) is 3.65. The Morgan fingerprint density at radius 1 is 1.00 bits per heavy atom. The molecule has 0 saturated heterocycles. The minimum absolute atomic E-state index is 0.550. The number of thioether (sulfide) groups is 1. The number of nitrogens with zero attached hydrogens (tertiary/aromatic N) is 2. The molecule has 106 valence electrons. The molecule has 0 radical (unpaired) electrons. The van der Waals surface area contributed by atoms with Crippen molar-refractivity contribution >= 4 is 23.4 Å². The molecular formula is C16H13ClN2OS. The van der Waals surface area contributed by atoms with Crippen LogP contribution in [0.5, 0.6) is 0 Å². The first-order valence-corrected chi connectivity index (χ1v) is 7.85. The predicted octanol–water partition coefficient (Wildman–Crippen LogP) is 4.99. The minimum Gasteiger partial charge on any atom is -0.411 e. The summed E-state index contributed by atoms with van der Waals surface area (Å²) in [5, 5.41) is 9.46. The Hall–Kier alpha value is -1.78. The van der Waals surface area contributed by atoms with E-state index >= 15 is 0 Å². The van der Waals surface area contributed by atoms with Gasteiger partial charge in [0.15, 0.2) is 0 Å². The van der Waals surface area contributed by atoms with E-state index in [1.165, 1.54) is 22.9 Å². The summed E-state index contributed by atoms with van der Waals surface area (Å²) in [7, 11) is 0. The van der Waals surface area contributed by atoms with Gasteiger partial charge in [-0.15, -0.1) is 10.2 Å². The van der Waals surface area contributed by atoms with Crippen LogP contribution in [0.25, 0.3) is 11.5 Å². The highest BCUT2D eigenvalue weighted by Gasteiger charge is 2.09. The molecule has 5 heteroatoms. The monoisotopic (exact) mass is 316 g/mol. The van der Waals surface area contributed by atoms with Gasteiger partial charge in [0.2, 0.25) is 5.89 Å². The molecule has 0 aliphatic carbocycles. The number of aromatic nitrogens is 2. The predicted molar refractivity (Wildman–Crippen MR) is 85.5 cm³/mol. The van der Waals surface area contributed by atoms with Crippen LogP contribution in [0.3, 0.4) is 0 Å². The maximum absolute atomic E-state index is 5.86. The molecule has 1 aromatic heterocycles. The number of halogens is 1. The molecule has 0 aliphatic rings. The average Bonchev–Trinajstić information content (AvgIpc) is 2.96. The summed E-state index contributed by atoms with van der Waals surface area (Å²) >= 11 is 7.38. The maximum atomic E-state index is 5.86. The Balaban J connectivity index is 1.67. The Bertz CT molecular complexity index is 723. The molecule has 21 heavy (non-hydrogen) atoms. The zero-order chi connectivity index (χ0) is 14.7. The van der Waals surface area contributed by atoms with E-state index in [4.69, 9.17) is 16.0 Å². The average molecular weight is 317 g/mol. The van der Waals surface area contributed by atoms with E-state index in [1.54, 1.807) is 0 Å². The van der Waals surface area contributed by atoms with Crippen molar-refractivity contribution in [3.8, 4) is 11.5 Å². The molecule has 0 spiro atoms. The van der Waals surface area contributed by atoms with Crippen molar-refractivity contribution in [2.75, 3.05) is 0 Å². The van der Waals surface area contributed by atoms with Crippen LogP contribution < -0.4 is 0 Å². The van der Waals surface area contributed by atoms with E-state index in [-0.39, 0.29) is 0 Å². The summed E-state index contributed by atoms with van der Waals surface area (Å²) in [5.74, 6) is 1.32. The van der Waals surface area contributed by atoms with Crippen molar-refractivity contribution in [2.45, 2.75) is 17.9 Å². The normalized spacial score (nSPS) is 10.8. The summed E-state index contributed by atoms with van der Waals surface area (Å²) in [6.45, 7) is 2.05. The number of hydrogen-bond donors (Lipinski definition) is 0. The van der Waals surface area contributed by atoms with E-state index in [2.05, 4.69) is 10.2 Å². The van der Waals surface area contributed by atoms with Crippen LogP contribution >= 0.6 is 23.4 Å². The van der Waals surface area contributed by atoms with Crippen molar-refractivity contribution in [1.82, 2.24) is 10.2 Å². The van der Waals surface area contributed by atoms with Crippen LogP contribution in [0.2, 0.25) is 5.02 Å². The smallest absolute Gasteiger partial charge is 0.277 e. The van der Waals surface area contributed by atoms with Gasteiger partial charge in [-0.1, -0.05) is 53.2 Å². The zero-order valence-corrected chi connectivity index (χ0v) is 13.0. The summed E-state index contributed by atoms with van der Waals surface area (Å²) < 4.78 is 5.67. The number of aryl methyl sites for hydroxylation is 1. The van der Waals surface area contributed by atoms with Gasteiger partial charge in [-0.2, -0.15) is 0 Å². The molecule has 0 saturated carbocycles. The Morgan fingerprint density at radius 2 is 1.71 bits per heavy atom.